The fourth-order valence-corrected chi connectivity index (χ4v) is 2.19. The van der Waals surface area contributed by atoms with Crippen LogP contribution in [0.15, 0.2) is 24.3 Å². The van der Waals surface area contributed by atoms with Gasteiger partial charge in [-0.1, -0.05) is 12.1 Å². The van der Waals surface area contributed by atoms with E-state index in [1.54, 1.807) is 0 Å². The first-order valence-electron chi connectivity index (χ1n) is 6.19. The third kappa shape index (κ3) is 5.63. The summed E-state index contributed by atoms with van der Waals surface area (Å²) in [4.78, 5) is 12.4. The minimum atomic E-state index is -4.67. The van der Waals surface area contributed by atoms with E-state index < -0.39 is 46.1 Å². The predicted octanol–water partition coefficient (Wildman–Crippen LogP) is 2.15. The van der Waals surface area contributed by atoms with Crippen LogP contribution in [0.5, 0.6) is 0 Å². The van der Waals surface area contributed by atoms with Gasteiger partial charge in [-0.05, 0) is 24.6 Å². The monoisotopic (exact) mass is 341 g/mol. The number of alkyl halides is 3. The molecule has 0 saturated heterocycles. The Labute approximate surface area is 125 Å². The fraction of sp³-hybridized carbons (Fsp3) is 0.462. The van der Waals surface area contributed by atoms with Gasteiger partial charge in [0.25, 0.3) is 0 Å². The summed E-state index contributed by atoms with van der Waals surface area (Å²) in [5.41, 5.74) is 0.264. The van der Waals surface area contributed by atoms with Crippen LogP contribution in [0.25, 0.3) is 0 Å². The molecule has 1 atom stereocenters. The number of hydrogen-bond acceptors (Lipinski definition) is 3. The molecule has 0 radical (unpaired) electrons. The quantitative estimate of drug-likeness (QED) is 0.771. The highest BCUT2D eigenvalue weighted by atomic mass is 32.2. The first kappa shape index (κ1) is 18.4. The van der Waals surface area contributed by atoms with Crippen LogP contribution in [-0.4, -0.2) is 43.5 Å². The summed E-state index contributed by atoms with van der Waals surface area (Å²) in [5, 5.41) is -1.59. The van der Waals surface area contributed by atoms with Gasteiger partial charge in [0.2, 0.25) is 5.91 Å². The van der Waals surface area contributed by atoms with Crippen molar-refractivity contribution in [3.63, 3.8) is 0 Å². The molecule has 1 aromatic carbocycles. The van der Waals surface area contributed by atoms with Crippen LogP contribution in [0.2, 0.25) is 0 Å². The highest BCUT2D eigenvalue weighted by molar-refractivity contribution is 7.92. The van der Waals surface area contributed by atoms with E-state index in [1.807, 2.05) is 0 Å². The molecule has 0 bridgehead atoms. The summed E-state index contributed by atoms with van der Waals surface area (Å²) in [6.45, 7) is -1.01. The lowest BCUT2D eigenvalue weighted by Crippen LogP contribution is -2.45. The average molecular weight is 341 g/mol. The molecule has 0 aliphatic carbocycles. The van der Waals surface area contributed by atoms with Crippen molar-refractivity contribution in [1.82, 2.24) is 4.90 Å². The van der Waals surface area contributed by atoms with Gasteiger partial charge < -0.3 is 4.90 Å². The third-order valence-electron chi connectivity index (χ3n) is 2.96. The Kier molecular flexibility index (Phi) is 5.55. The summed E-state index contributed by atoms with van der Waals surface area (Å²) >= 11 is 0. The Morgan fingerprint density at radius 2 is 1.73 bits per heavy atom. The zero-order valence-electron chi connectivity index (χ0n) is 11.9. The molecule has 0 N–H and O–H groups in total. The van der Waals surface area contributed by atoms with Gasteiger partial charge in [-0.25, -0.2) is 12.8 Å². The molecule has 0 spiro atoms. The van der Waals surface area contributed by atoms with E-state index in [1.165, 1.54) is 12.1 Å². The zero-order chi connectivity index (χ0) is 17.1. The van der Waals surface area contributed by atoms with Gasteiger partial charge in [0.1, 0.15) is 17.6 Å². The highest BCUT2D eigenvalue weighted by Gasteiger charge is 2.36. The highest BCUT2D eigenvalue weighted by Crippen LogP contribution is 2.20. The first-order valence-corrected chi connectivity index (χ1v) is 8.14. The maximum Gasteiger partial charge on any atom is 0.406 e. The van der Waals surface area contributed by atoms with Gasteiger partial charge in [0, 0.05) is 12.8 Å². The van der Waals surface area contributed by atoms with Crippen LogP contribution in [0.3, 0.4) is 0 Å². The van der Waals surface area contributed by atoms with Crippen molar-refractivity contribution in [2.45, 2.75) is 24.9 Å². The topological polar surface area (TPSA) is 54.5 Å². The third-order valence-corrected chi connectivity index (χ3v) is 4.44. The van der Waals surface area contributed by atoms with Gasteiger partial charge in [-0.15, -0.1) is 0 Å². The molecule has 0 fully saturated rings. The summed E-state index contributed by atoms with van der Waals surface area (Å²) in [5.74, 6) is -1.72. The molecule has 124 valence electrons. The fourth-order valence-electron chi connectivity index (χ4n) is 1.68. The molecule has 0 aliphatic heterocycles. The van der Waals surface area contributed by atoms with Gasteiger partial charge in [0.05, 0.1) is 0 Å². The van der Waals surface area contributed by atoms with Crippen LogP contribution in [0, 0.1) is 5.82 Å². The Hall–Kier alpha value is -1.64. The lowest BCUT2D eigenvalue weighted by atomic mass is 10.2. The van der Waals surface area contributed by atoms with E-state index in [0.717, 1.165) is 25.3 Å². The largest absolute Gasteiger partial charge is 0.406 e. The van der Waals surface area contributed by atoms with E-state index in [-0.39, 0.29) is 5.56 Å². The number of carbonyl (C=O) groups excluding carboxylic acids is 1. The lowest BCUT2D eigenvalue weighted by molar-refractivity contribution is -0.162. The molecular weight excluding hydrogens is 326 g/mol. The number of hydrogen-bond donors (Lipinski definition) is 0. The van der Waals surface area contributed by atoms with Crippen LogP contribution in [0.1, 0.15) is 12.5 Å². The van der Waals surface area contributed by atoms with Crippen molar-refractivity contribution in [2.24, 2.45) is 0 Å². The van der Waals surface area contributed by atoms with Crippen LogP contribution >= 0.6 is 0 Å². The van der Waals surface area contributed by atoms with Crippen LogP contribution < -0.4 is 0 Å². The molecule has 0 heterocycles. The predicted molar refractivity (Wildman–Crippen MR) is 72.2 cm³/mol. The van der Waals surface area contributed by atoms with Crippen molar-refractivity contribution >= 4 is 15.7 Å². The molecule has 9 heteroatoms. The molecule has 1 unspecified atom stereocenters. The summed E-state index contributed by atoms with van der Waals surface area (Å²) in [6.07, 6.45) is -3.90. The van der Waals surface area contributed by atoms with Gasteiger partial charge >= 0.3 is 6.18 Å². The molecule has 4 nitrogen and oxygen atoms in total. The second-order valence-corrected chi connectivity index (χ2v) is 7.27. The van der Waals surface area contributed by atoms with Gasteiger partial charge in [0.15, 0.2) is 9.84 Å². The van der Waals surface area contributed by atoms with Crippen molar-refractivity contribution < 1.29 is 30.8 Å². The number of nitrogens with zero attached hydrogens (tertiary/aromatic N) is 1. The van der Waals surface area contributed by atoms with Gasteiger partial charge in [-0.2, -0.15) is 13.2 Å². The van der Waals surface area contributed by atoms with Crippen LogP contribution in [0.4, 0.5) is 17.6 Å². The van der Waals surface area contributed by atoms with E-state index in [2.05, 4.69) is 0 Å². The van der Waals surface area contributed by atoms with Crippen molar-refractivity contribution in [1.29, 1.82) is 0 Å². The first-order chi connectivity index (χ1) is 9.90. The average Bonchev–Trinajstić information content (AvgIpc) is 2.36. The summed E-state index contributed by atoms with van der Waals surface area (Å²) in [7, 11) is -3.82. The van der Waals surface area contributed by atoms with Crippen molar-refractivity contribution in [3.05, 3.63) is 35.6 Å². The molecule has 1 aromatic rings. The molecule has 1 amide bonds. The Morgan fingerprint density at radius 3 is 2.14 bits per heavy atom. The number of halogens is 4. The zero-order valence-corrected chi connectivity index (χ0v) is 12.7. The molecule has 0 aliphatic rings. The molecule has 0 saturated carbocycles. The second kappa shape index (κ2) is 6.64. The minimum absolute atomic E-state index is 0.264. The molecular formula is C13H15F4NO3S. The maximum atomic E-state index is 12.8. The van der Waals surface area contributed by atoms with E-state index in [9.17, 15) is 30.8 Å². The molecule has 1 rings (SSSR count). The lowest BCUT2D eigenvalue weighted by Gasteiger charge is -2.26. The Bertz CT molecular complexity index is 626. The summed E-state index contributed by atoms with van der Waals surface area (Å²) < 4.78 is 73.3. The number of rotatable bonds is 5. The second-order valence-electron chi connectivity index (χ2n) is 4.91. The smallest absolute Gasteiger partial charge is 0.328 e. The standard InChI is InChI=1S/C13H15F4NO3S/c1-9(22(2,20)21)12(19)18(8-13(15,16)17)7-10-3-5-11(14)6-4-10/h3-6,9H,7-8H2,1-2H3. The van der Waals surface area contributed by atoms with Crippen molar-refractivity contribution in [2.75, 3.05) is 12.8 Å². The molecule has 22 heavy (non-hydrogen) atoms. The van der Waals surface area contributed by atoms with Crippen LogP contribution in [-0.2, 0) is 21.2 Å². The minimum Gasteiger partial charge on any atom is -0.328 e. The number of sulfone groups is 1. The Morgan fingerprint density at radius 1 is 1.23 bits per heavy atom. The maximum absolute atomic E-state index is 12.8. The van der Waals surface area contributed by atoms with Crippen molar-refractivity contribution in [3.8, 4) is 0 Å². The number of carbonyl (C=O) groups is 1. The normalized spacial score (nSPS) is 13.7. The van der Waals surface area contributed by atoms with E-state index in [4.69, 9.17) is 0 Å². The SMILES string of the molecule is CC(C(=O)N(Cc1ccc(F)cc1)CC(F)(F)F)S(C)(=O)=O. The molecule has 0 aromatic heterocycles. The van der Waals surface area contributed by atoms with Gasteiger partial charge in [-0.3, -0.25) is 4.79 Å². The number of amides is 1. The van der Waals surface area contributed by atoms with E-state index in [0.29, 0.717) is 4.90 Å². The number of benzene rings is 1. The Balaban J connectivity index is 3.02. The summed E-state index contributed by atoms with van der Waals surface area (Å²) in [6, 6.07) is 4.56. The van der Waals surface area contributed by atoms with E-state index >= 15 is 0 Å².